The zero-order valence-electron chi connectivity index (χ0n) is 8.97. The average molecular weight is 196 g/mol. The molecular weight excluding hydrogens is 179 g/mol. The van der Waals surface area contributed by atoms with Crippen molar-refractivity contribution in [2.45, 2.75) is 39.2 Å². The van der Waals surface area contributed by atoms with E-state index in [9.17, 15) is 9.50 Å². The molecule has 0 radical (unpaired) electrons. The molecule has 0 heterocycles. The van der Waals surface area contributed by atoms with Gasteiger partial charge in [0.25, 0.3) is 0 Å². The lowest BCUT2D eigenvalue weighted by Crippen LogP contribution is -2.15. The van der Waals surface area contributed by atoms with Crippen molar-refractivity contribution in [1.82, 2.24) is 0 Å². The largest absolute Gasteiger partial charge is 0.386 e. The predicted octanol–water partition coefficient (Wildman–Crippen LogP) is 3.01. The molecule has 0 saturated heterocycles. The summed E-state index contributed by atoms with van der Waals surface area (Å²) in [5, 5.41) is 9.67. The Balaban J connectivity index is 3.01. The van der Waals surface area contributed by atoms with Crippen LogP contribution in [0.1, 0.15) is 38.3 Å². The Morgan fingerprint density at radius 2 is 2.00 bits per heavy atom. The van der Waals surface area contributed by atoms with Crippen molar-refractivity contribution in [3.63, 3.8) is 0 Å². The van der Waals surface area contributed by atoms with Gasteiger partial charge in [0.15, 0.2) is 0 Å². The molecule has 0 saturated carbocycles. The summed E-state index contributed by atoms with van der Waals surface area (Å²) < 4.78 is 13.5. The van der Waals surface area contributed by atoms with Crippen LogP contribution in [0.2, 0.25) is 0 Å². The van der Waals surface area contributed by atoms with Gasteiger partial charge in [-0.1, -0.05) is 25.5 Å². The van der Waals surface area contributed by atoms with Crippen LogP contribution in [-0.2, 0) is 12.0 Å². The third-order valence-corrected chi connectivity index (χ3v) is 2.28. The topological polar surface area (TPSA) is 20.2 Å². The molecule has 1 N–H and O–H groups in total. The molecule has 0 spiro atoms. The molecule has 0 unspecified atom stereocenters. The van der Waals surface area contributed by atoms with Gasteiger partial charge in [-0.2, -0.15) is 0 Å². The third kappa shape index (κ3) is 2.55. The Hall–Kier alpha value is -0.890. The van der Waals surface area contributed by atoms with E-state index in [0.29, 0.717) is 5.56 Å². The second-order valence-electron chi connectivity index (χ2n) is 4.12. The summed E-state index contributed by atoms with van der Waals surface area (Å²) >= 11 is 0. The Morgan fingerprint density at radius 3 is 2.43 bits per heavy atom. The first-order valence-corrected chi connectivity index (χ1v) is 4.96. The lowest BCUT2D eigenvalue weighted by molar-refractivity contribution is 0.0782. The second-order valence-corrected chi connectivity index (χ2v) is 4.12. The SMILES string of the molecule is CCCc1ccc(C(C)(C)O)cc1F. The lowest BCUT2D eigenvalue weighted by atomic mass is 9.96. The van der Waals surface area contributed by atoms with Crippen LogP contribution in [0.5, 0.6) is 0 Å². The van der Waals surface area contributed by atoms with Gasteiger partial charge < -0.3 is 5.11 Å². The van der Waals surface area contributed by atoms with E-state index in [2.05, 4.69) is 0 Å². The molecule has 1 aromatic rings. The Bertz CT molecular complexity index is 313. The molecular formula is C12H17FO. The fraction of sp³-hybridized carbons (Fsp3) is 0.500. The lowest BCUT2D eigenvalue weighted by Gasteiger charge is -2.18. The minimum atomic E-state index is -0.967. The zero-order chi connectivity index (χ0) is 10.8. The molecule has 14 heavy (non-hydrogen) atoms. The van der Waals surface area contributed by atoms with E-state index in [0.717, 1.165) is 18.4 Å². The first-order chi connectivity index (χ1) is 6.45. The van der Waals surface area contributed by atoms with Gasteiger partial charge in [-0.15, -0.1) is 0 Å². The summed E-state index contributed by atoms with van der Waals surface area (Å²) in [4.78, 5) is 0. The monoisotopic (exact) mass is 196 g/mol. The van der Waals surface area contributed by atoms with Gasteiger partial charge in [0, 0.05) is 0 Å². The van der Waals surface area contributed by atoms with Crippen molar-refractivity contribution in [2.24, 2.45) is 0 Å². The molecule has 0 amide bonds. The summed E-state index contributed by atoms with van der Waals surface area (Å²) in [7, 11) is 0. The summed E-state index contributed by atoms with van der Waals surface area (Å²) in [5.74, 6) is -0.216. The number of aryl methyl sites for hydroxylation is 1. The quantitative estimate of drug-likeness (QED) is 0.788. The molecule has 0 atom stereocenters. The average Bonchev–Trinajstić information content (AvgIpc) is 2.07. The van der Waals surface area contributed by atoms with Gasteiger partial charge >= 0.3 is 0 Å². The fourth-order valence-electron chi connectivity index (χ4n) is 1.40. The van der Waals surface area contributed by atoms with E-state index in [1.807, 2.05) is 6.92 Å². The smallest absolute Gasteiger partial charge is 0.126 e. The Kier molecular flexibility index (Phi) is 3.27. The highest BCUT2D eigenvalue weighted by molar-refractivity contribution is 5.27. The van der Waals surface area contributed by atoms with E-state index in [4.69, 9.17) is 0 Å². The minimum absolute atomic E-state index is 0.216. The van der Waals surface area contributed by atoms with Crippen LogP contribution in [0, 0.1) is 5.82 Å². The van der Waals surface area contributed by atoms with Gasteiger partial charge in [0.2, 0.25) is 0 Å². The van der Waals surface area contributed by atoms with Gasteiger partial charge in [-0.25, -0.2) is 4.39 Å². The van der Waals surface area contributed by atoms with Crippen LogP contribution in [0.3, 0.4) is 0 Å². The maximum atomic E-state index is 13.5. The van der Waals surface area contributed by atoms with E-state index in [1.165, 1.54) is 6.07 Å². The van der Waals surface area contributed by atoms with Crippen molar-refractivity contribution in [3.8, 4) is 0 Å². The molecule has 2 heteroatoms. The molecule has 0 aliphatic rings. The fourth-order valence-corrected chi connectivity index (χ4v) is 1.40. The van der Waals surface area contributed by atoms with E-state index >= 15 is 0 Å². The predicted molar refractivity (Wildman–Crippen MR) is 55.6 cm³/mol. The molecule has 0 aliphatic carbocycles. The maximum absolute atomic E-state index is 13.5. The zero-order valence-corrected chi connectivity index (χ0v) is 8.97. The van der Waals surface area contributed by atoms with E-state index < -0.39 is 5.60 Å². The number of benzene rings is 1. The van der Waals surface area contributed by atoms with Crippen molar-refractivity contribution in [3.05, 3.63) is 35.1 Å². The first kappa shape index (κ1) is 11.2. The molecule has 1 rings (SSSR count). The molecule has 0 aliphatic heterocycles. The molecule has 78 valence electrons. The third-order valence-electron chi connectivity index (χ3n) is 2.28. The minimum Gasteiger partial charge on any atom is -0.386 e. The highest BCUT2D eigenvalue weighted by Crippen LogP contribution is 2.22. The summed E-state index contributed by atoms with van der Waals surface area (Å²) in [6.45, 7) is 5.33. The number of hydrogen-bond acceptors (Lipinski definition) is 1. The Labute approximate surface area is 84.6 Å². The molecule has 1 aromatic carbocycles. The highest BCUT2D eigenvalue weighted by Gasteiger charge is 2.17. The summed E-state index contributed by atoms with van der Waals surface area (Å²) in [6.07, 6.45) is 1.68. The standard InChI is InChI=1S/C12H17FO/c1-4-5-9-6-7-10(8-11(9)13)12(2,3)14/h6-8,14H,4-5H2,1-3H3. The van der Waals surface area contributed by atoms with Crippen molar-refractivity contribution in [2.75, 3.05) is 0 Å². The van der Waals surface area contributed by atoms with Gasteiger partial charge in [0.05, 0.1) is 5.60 Å². The normalized spacial score (nSPS) is 11.8. The summed E-state index contributed by atoms with van der Waals surface area (Å²) in [6, 6.07) is 4.96. The van der Waals surface area contributed by atoms with Crippen LogP contribution in [0.25, 0.3) is 0 Å². The van der Waals surface area contributed by atoms with Crippen LogP contribution in [-0.4, -0.2) is 5.11 Å². The van der Waals surface area contributed by atoms with Crippen molar-refractivity contribution < 1.29 is 9.50 Å². The van der Waals surface area contributed by atoms with Crippen molar-refractivity contribution >= 4 is 0 Å². The number of halogens is 1. The molecule has 1 nitrogen and oxygen atoms in total. The summed E-state index contributed by atoms with van der Waals surface area (Å²) in [5.41, 5.74) is 0.376. The van der Waals surface area contributed by atoms with Gasteiger partial charge in [-0.05, 0) is 37.5 Å². The molecule has 0 aromatic heterocycles. The first-order valence-electron chi connectivity index (χ1n) is 4.96. The van der Waals surface area contributed by atoms with Crippen LogP contribution >= 0.6 is 0 Å². The maximum Gasteiger partial charge on any atom is 0.126 e. The number of rotatable bonds is 3. The van der Waals surface area contributed by atoms with Gasteiger partial charge in [-0.3, -0.25) is 0 Å². The molecule has 0 fully saturated rings. The number of hydrogen-bond donors (Lipinski definition) is 1. The van der Waals surface area contributed by atoms with E-state index in [-0.39, 0.29) is 5.82 Å². The second kappa shape index (κ2) is 4.09. The Morgan fingerprint density at radius 1 is 1.36 bits per heavy atom. The molecule has 0 bridgehead atoms. The number of aliphatic hydroxyl groups is 1. The van der Waals surface area contributed by atoms with Crippen molar-refractivity contribution in [1.29, 1.82) is 0 Å². The van der Waals surface area contributed by atoms with Crippen LogP contribution in [0.4, 0.5) is 4.39 Å². The van der Waals surface area contributed by atoms with Crippen LogP contribution in [0.15, 0.2) is 18.2 Å². The highest BCUT2D eigenvalue weighted by atomic mass is 19.1. The van der Waals surface area contributed by atoms with Crippen LogP contribution < -0.4 is 0 Å². The van der Waals surface area contributed by atoms with E-state index in [1.54, 1.807) is 26.0 Å². The van der Waals surface area contributed by atoms with Gasteiger partial charge in [0.1, 0.15) is 5.82 Å².